The van der Waals surface area contributed by atoms with Gasteiger partial charge >= 0.3 is 5.97 Å². The van der Waals surface area contributed by atoms with Crippen molar-refractivity contribution in [3.05, 3.63) is 0 Å². The molecule has 1 atom stereocenters. The van der Waals surface area contributed by atoms with E-state index in [0.29, 0.717) is 13.0 Å². The fourth-order valence-electron chi connectivity index (χ4n) is 2.26. The Labute approximate surface area is 119 Å². The van der Waals surface area contributed by atoms with Crippen molar-refractivity contribution >= 4 is 17.8 Å². The van der Waals surface area contributed by atoms with Crippen molar-refractivity contribution in [2.45, 2.75) is 52.5 Å². The van der Waals surface area contributed by atoms with E-state index in [0.717, 1.165) is 12.8 Å². The zero-order valence-electron chi connectivity index (χ0n) is 12.7. The number of likely N-dealkylation sites (tertiary alicyclic amines) is 1. The molecule has 1 aliphatic heterocycles. The van der Waals surface area contributed by atoms with Gasteiger partial charge < -0.3 is 15.3 Å². The van der Waals surface area contributed by atoms with Crippen LogP contribution in [0.3, 0.4) is 0 Å². The highest BCUT2D eigenvalue weighted by Crippen LogP contribution is 2.28. The number of nitrogens with one attached hydrogen (secondary N) is 1. The molecule has 114 valence electrons. The van der Waals surface area contributed by atoms with Crippen LogP contribution in [-0.2, 0) is 14.4 Å². The van der Waals surface area contributed by atoms with Gasteiger partial charge in [-0.25, -0.2) is 4.79 Å². The molecule has 0 radical (unpaired) electrons. The maximum atomic E-state index is 12.2. The first-order chi connectivity index (χ1) is 9.09. The summed E-state index contributed by atoms with van der Waals surface area (Å²) in [5.41, 5.74) is -1.74. The Morgan fingerprint density at radius 1 is 1.25 bits per heavy atom. The first kappa shape index (κ1) is 16.5. The summed E-state index contributed by atoms with van der Waals surface area (Å²) in [4.78, 5) is 36.7. The van der Waals surface area contributed by atoms with E-state index >= 15 is 0 Å². The number of carboxylic acids is 1. The Morgan fingerprint density at radius 3 is 2.35 bits per heavy atom. The van der Waals surface area contributed by atoms with E-state index in [2.05, 4.69) is 5.32 Å². The van der Waals surface area contributed by atoms with E-state index in [1.54, 1.807) is 27.7 Å². The lowest BCUT2D eigenvalue weighted by atomic mass is 9.88. The number of aliphatic carboxylic acids is 1. The van der Waals surface area contributed by atoms with Crippen LogP contribution < -0.4 is 5.32 Å². The molecule has 0 saturated carbocycles. The lowest BCUT2D eigenvalue weighted by Gasteiger charge is -2.41. The number of carbonyl (C=O) groups excluding carboxylic acids is 2. The van der Waals surface area contributed by atoms with Gasteiger partial charge in [-0.15, -0.1) is 0 Å². The molecule has 2 amide bonds. The lowest BCUT2D eigenvalue weighted by Crippen LogP contribution is -2.59. The predicted octanol–water partition coefficient (Wildman–Crippen LogP) is 1.00. The topological polar surface area (TPSA) is 86.7 Å². The van der Waals surface area contributed by atoms with Crippen molar-refractivity contribution in [2.24, 2.45) is 5.41 Å². The van der Waals surface area contributed by atoms with Crippen LogP contribution in [0.4, 0.5) is 0 Å². The first-order valence-electron chi connectivity index (χ1n) is 6.91. The second-order valence-electron chi connectivity index (χ2n) is 6.51. The van der Waals surface area contributed by atoms with Gasteiger partial charge in [-0.05, 0) is 26.2 Å². The molecule has 0 aromatic rings. The lowest BCUT2D eigenvalue weighted by molar-refractivity contribution is -0.160. The normalized spacial score (nSPS) is 23.3. The average molecular weight is 284 g/mol. The molecule has 1 rings (SSSR count). The number of hydrogen-bond acceptors (Lipinski definition) is 3. The van der Waals surface area contributed by atoms with Crippen molar-refractivity contribution in [3.8, 4) is 0 Å². The highest BCUT2D eigenvalue weighted by Gasteiger charge is 2.43. The van der Waals surface area contributed by atoms with Gasteiger partial charge in [-0.2, -0.15) is 0 Å². The van der Waals surface area contributed by atoms with Gasteiger partial charge in [0, 0.05) is 12.0 Å². The van der Waals surface area contributed by atoms with Crippen molar-refractivity contribution in [1.82, 2.24) is 10.2 Å². The number of amides is 2. The van der Waals surface area contributed by atoms with Crippen LogP contribution in [0.2, 0.25) is 0 Å². The number of carboxylic acid groups (broad SMARTS) is 1. The molecule has 1 saturated heterocycles. The number of nitrogens with zero attached hydrogens (tertiary/aromatic N) is 1. The van der Waals surface area contributed by atoms with Crippen LogP contribution in [0.1, 0.15) is 47.0 Å². The van der Waals surface area contributed by atoms with Gasteiger partial charge in [0.2, 0.25) is 11.8 Å². The van der Waals surface area contributed by atoms with E-state index in [1.807, 2.05) is 0 Å². The molecule has 2 N–H and O–H groups in total. The van der Waals surface area contributed by atoms with Crippen molar-refractivity contribution in [3.63, 3.8) is 0 Å². The summed E-state index contributed by atoms with van der Waals surface area (Å²) >= 11 is 0. The number of carbonyl (C=O) groups is 3. The molecule has 0 bridgehead atoms. The third-order valence-electron chi connectivity index (χ3n) is 3.73. The van der Waals surface area contributed by atoms with Gasteiger partial charge in [0.05, 0.1) is 6.54 Å². The molecule has 0 spiro atoms. The molecule has 1 fully saturated rings. The second kappa shape index (κ2) is 5.81. The minimum atomic E-state index is -1.16. The summed E-state index contributed by atoms with van der Waals surface area (Å²) in [5.74, 6) is -1.56. The third kappa shape index (κ3) is 3.49. The van der Waals surface area contributed by atoms with E-state index in [4.69, 9.17) is 0 Å². The Bertz CT molecular complexity index is 414. The number of rotatable bonds is 3. The predicted molar refractivity (Wildman–Crippen MR) is 74.1 cm³/mol. The molecule has 20 heavy (non-hydrogen) atoms. The molecule has 1 unspecified atom stereocenters. The zero-order valence-corrected chi connectivity index (χ0v) is 12.7. The van der Waals surface area contributed by atoms with E-state index in [-0.39, 0.29) is 18.4 Å². The highest BCUT2D eigenvalue weighted by atomic mass is 16.4. The van der Waals surface area contributed by atoms with E-state index < -0.39 is 16.9 Å². The van der Waals surface area contributed by atoms with Crippen molar-refractivity contribution < 1.29 is 19.5 Å². The summed E-state index contributed by atoms with van der Waals surface area (Å²) in [6.45, 7) is 7.11. The van der Waals surface area contributed by atoms with E-state index in [1.165, 1.54) is 4.90 Å². The zero-order chi connectivity index (χ0) is 15.6. The van der Waals surface area contributed by atoms with Gasteiger partial charge in [-0.3, -0.25) is 9.59 Å². The smallest absolute Gasteiger partial charge is 0.329 e. The molecule has 0 aromatic carbocycles. The summed E-state index contributed by atoms with van der Waals surface area (Å²) in [5, 5.41) is 11.9. The first-order valence-corrected chi connectivity index (χ1v) is 6.91. The highest BCUT2D eigenvalue weighted by molar-refractivity contribution is 5.91. The molecule has 1 heterocycles. The molecule has 6 heteroatoms. The van der Waals surface area contributed by atoms with Gasteiger partial charge in [-0.1, -0.05) is 20.8 Å². The fraction of sp³-hybridized carbons (Fsp3) is 0.786. The Hall–Kier alpha value is -1.59. The summed E-state index contributed by atoms with van der Waals surface area (Å²) in [6.07, 6.45) is 2.03. The van der Waals surface area contributed by atoms with Crippen LogP contribution in [0.15, 0.2) is 0 Å². The molecule has 0 aromatic heterocycles. The van der Waals surface area contributed by atoms with Crippen LogP contribution >= 0.6 is 0 Å². The quantitative estimate of drug-likeness (QED) is 0.809. The second-order valence-corrected chi connectivity index (χ2v) is 6.51. The molecule has 0 aliphatic carbocycles. The Balaban J connectivity index is 2.70. The van der Waals surface area contributed by atoms with Crippen LogP contribution in [0.5, 0.6) is 0 Å². The van der Waals surface area contributed by atoms with Gasteiger partial charge in [0.25, 0.3) is 0 Å². The molecule has 1 aliphatic rings. The molecule has 6 nitrogen and oxygen atoms in total. The summed E-state index contributed by atoms with van der Waals surface area (Å²) in [6, 6.07) is 0. The molecular weight excluding hydrogens is 260 g/mol. The molecular formula is C14H24N2O4. The minimum Gasteiger partial charge on any atom is -0.480 e. The minimum absolute atomic E-state index is 0.154. The SMILES string of the molecule is CC(C)(C)C(=O)NCC(=O)N1CCCCC1(C)C(=O)O. The third-order valence-corrected chi connectivity index (χ3v) is 3.73. The maximum absolute atomic E-state index is 12.2. The number of piperidine rings is 1. The Morgan fingerprint density at radius 2 is 1.85 bits per heavy atom. The Kier molecular flexibility index (Phi) is 4.78. The van der Waals surface area contributed by atoms with Crippen LogP contribution in [0.25, 0.3) is 0 Å². The monoisotopic (exact) mass is 284 g/mol. The van der Waals surface area contributed by atoms with Crippen molar-refractivity contribution in [1.29, 1.82) is 0 Å². The van der Waals surface area contributed by atoms with Gasteiger partial charge in [0.1, 0.15) is 5.54 Å². The largest absolute Gasteiger partial charge is 0.480 e. The van der Waals surface area contributed by atoms with Crippen LogP contribution in [0, 0.1) is 5.41 Å². The van der Waals surface area contributed by atoms with E-state index in [9.17, 15) is 19.5 Å². The standard InChI is InChI=1S/C14H24N2O4/c1-13(2,3)11(18)15-9-10(17)16-8-6-5-7-14(16,4)12(19)20/h5-9H2,1-4H3,(H,15,18)(H,19,20). The van der Waals surface area contributed by atoms with Gasteiger partial charge in [0.15, 0.2) is 0 Å². The summed E-state index contributed by atoms with van der Waals surface area (Å²) in [7, 11) is 0. The van der Waals surface area contributed by atoms with Crippen LogP contribution in [-0.4, -0.2) is 46.4 Å². The summed E-state index contributed by atoms with van der Waals surface area (Å²) < 4.78 is 0. The maximum Gasteiger partial charge on any atom is 0.329 e. The average Bonchev–Trinajstić information content (AvgIpc) is 2.34. The fourth-order valence-corrected chi connectivity index (χ4v) is 2.26. The van der Waals surface area contributed by atoms with Crippen molar-refractivity contribution in [2.75, 3.05) is 13.1 Å². The number of hydrogen-bond donors (Lipinski definition) is 2.